The van der Waals surface area contributed by atoms with Crippen LogP contribution in [0, 0.1) is 0 Å². The van der Waals surface area contributed by atoms with Crippen LogP contribution in [0.1, 0.15) is 13.3 Å². The molecule has 0 fully saturated rings. The Balaban J connectivity index is 3.80. The lowest BCUT2D eigenvalue weighted by molar-refractivity contribution is 0.326. The fourth-order valence-corrected chi connectivity index (χ4v) is 1.61. The molecule has 0 bridgehead atoms. The van der Waals surface area contributed by atoms with Crippen LogP contribution >= 0.6 is 11.1 Å². The fourth-order valence-electron chi connectivity index (χ4n) is 0.460. The van der Waals surface area contributed by atoms with Gasteiger partial charge in [0.15, 0.2) is 0 Å². The van der Waals surface area contributed by atoms with E-state index in [-0.39, 0.29) is 0 Å². The largest absolute Gasteiger partial charge is 0.397 e. The summed E-state index contributed by atoms with van der Waals surface area (Å²) in [6.07, 6.45) is 0.975. The lowest BCUT2D eigenvalue weighted by atomic mass is 10.5. The van der Waals surface area contributed by atoms with Crippen molar-refractivity contribution < 1.29 is 4.43 Å². The second-order valence-electron chi connectivity index (χ2n) is 1.95. The van der Waals surface area contributed by atoms with Crippen LogP contribution in [0.3, 0.4) is 0 Å². The molecule has 0 amide bonds. The zero-order valence-corrected chi connectivity index (χ0v) is 8.03. The van der Waals surface area contributed by atoms with Gasteiger partial charge in [0.2, 0.25) is 0 Å². The van der Waals surface area contributed by atoms with Gasteiger partial charge in [-0.3, -0.25) is 0 Å². The number of hydrogen-bond donors (Lipinski definition) is 0. The first kappa shape index (κ1) is 9.95. The predicted molar refractivity (Wildman–Crippen MR) is 48.2 cm³/mol. The monoisotopic (exact) mass is 176 g/mol. The van der Waals surface area contributed by atoms with Crippen molar-refractivity contribution in [3.8, 4) is 0 Å². The maximum absolute atomic E-state index is 5.97. The number of hydrogen-bond acceptors (Lipinski definition) is 1. The van der Waals surface area contributed by atoms with Crippen LogP contribution in [0.15, 0.2) is 24.6 Å². The zero-order valence-electron chi connectivity index (χ0n) is 6.27. The van der Waals surface area contributed by atoms with Crippen LogP contribution in [0.2, 0.25) is 0 Å². The highest BCUT2D eigenvalue weighted by Crippen LogP contribution is 2.12. The Bertz CT molecular complexity index is 117. The third-order valence-electron chi connectivity index (χ3n) is 1.08. The smallest absolute Gasteiger partial charge is 0.339 e. The second-order valence-corrected chi connectivity index (χ2v) is 6.23. The molecule has 0 aromatic rings. The van der Waals surface area contributed by atoms with E-state index in [1.54, 1.807) is 11.4 Å². The Morgan fingerprint density at radius 3 is 2.30 bits per heavy atom. The standard InChI is InChI=1S/C7H13ClOSi/c1-4-7-9-10(8,5-2)6-3/h5-6H,2-4,7H2,1H3. The van der Waals surface area contributed by atoms with Gasteiger partial charge in [0.25, 0.3) is 0 Å². The quantitative estimate of drug-likeness (QED) is 0.462. The molecule has 0 aliphatic carbocycles. The molecule has 1 nitrogen and oxygen atoms in total. The Hall–Kier alpha value is -0.0531. The zero-order chi connectivity index (χ0) is 8.04. The topological polar surface area (TPSA) is 9.23 Å². The van der Waals surface area contributed by atoms with E-state index in [0.717, 1.165) is 6.42 Å². The van der Waals surface area contributed by atoms with Gasteiger partial charge in [-0.2, -0.15) is 0 Å². The van der Waals surface area contributed by atoms with Crippen LogP contribution in [-0.4, -0.2) is 14.2 Å². The Kier molecular flexibility index (Phi) is 4.69. The molecule has 0 radical (unpaired) electrons. The molecule has 10 heavy (non-hydrogen) atoms. The van der Waals surface area contributed by atoms with Crippen molar-refractivity contribution >= 4 is 18.7 Å². The van der Waals surface area contributed by atoms with Gasteiger partial charge in [0.1, 0.15) is 0 Å². The van der Waals surface area contributed by atoms with Gasteiger partial charge in [-0.05, 0) is 6.42 Å². The molecule has 0 aliphatic heterocycles. The van der Waals surface area contributed by atoms with Gasteiger partial charge < -0.3 is 4.43 Å². The molecule has 3 heteroatoms. The maximum Gasteiger partial charge on any atom is 0.339 e. The molecular weight excluding hydrogens is 164 g/mol. The highest BCUT2D eigenvalue weighted by atomic mass is 35.6. The predicted octanol–water partition coefficient (Wildman–Crippen LogP) is 2.54. The van der Waals surface area contributed by atoms with E-state index < -0.39 is 7.63 Å². The normalized spacial score (nSPS) is 11.0. The average molecular weight is 177 g/mol. The summed E-state index contributed by atoms with van der Waals surface area (Å²) in [5.74, 6) is 0. The second kappa shape index (κ2) is 4.72. The first-order valence-corrected chi connectivity index (χ1v) is 6.36. The minimum atomic E-state index is -2.22. The van der Waals surface area contributed by atoms with Crippen LogP contribution < -0.4 is 0 Å². The minimum absolute atomic E-state index is 0.688. The van der Waals surface area contributed by atoms with E-state index in [4.69, 9.17) is 15.5 Å². The van der Waals surface area contributed by atoms with Gasteiger partial charge in [0, 0.05) is 6.61 Å². The highest BCUT2D eigenvalue weighted by molar-refractivity contribution is 7.22. The van der Waals surface area contributed by atoms with Crippen molar-refractivity contribution in [1.29, 1.82) is 0 Å². The third kappa shape index (κ3) is 3.20. The van der Waals surface area contributed by atoms with E-state index in [1.807, 2.05) is 6.92 Å². The third-order valence-corrected chi connectivity index (χ3v) is 4.10. The summed E-state index contributed by atoms with van der Waals surface area (Å²) in [7, 11) is -2.22. The first-order valence-electron chi connectivity index (χ1n) is 3.28. The van der Waals surface area contributed by atoms with Gasteiger partial charge in [0.05, 0.1) is 0 Å². The van der Waals surface area contributed by atoms with E-state index in [1.165, 1.54) is 0 Å². The van der Waals surface area contributed by atoms with Crippen molar-refractivity contribution in [2.75, 3.05) is 6.61 Å². The van der Waals surface area contributed by atoms with Crippen molar-refractivity contribution in [2.24, 2.45) is 0 Å². The fraction of sp³-hybridized carbons (Fsp3) is 0.429. The number of halogens is 1. The van der Waals surface area contributed by atoms with Crippen LogP contribution in [-0.2, 0) is 4.43 Å². The van der Waals surface area contributed by atoms with Gasteiger partial charge >= 0.3 is 7.63 Å². The van der Waals surface area contributed by atoms with Gasteiger partial charge in [-0.15, -0.1) is 24.2 Å². The van der Waals surface area contributed by atoms with E-state index in [9.17, 15) is 0 Å². The van der Waals surface area contributed by atoms with Crippen LogP contribution in [0.5, 0.6) is 0 Å². The summed E-state index contributed by atoms with van der Waals surface area (Å²) >= 11 is 5.97. The summed E-state index contributed by atoms with van der Waals surface area (Å²) < 4.78 is 5.35. The summed E-state index contributed by atoms with van der Waals surface area (Å²) in [5.41, 5.74) is 3.33. The van der Waals surface area contributed by atoms with Gasteiger partial charge in [-0.1, -0.05) is 18.3 Å². The summed E-state index contributed by atoms with van der Waals surface area (Å²) in [6, 6.07) is 0. The van der Waals surface area contributed by atoms with Crippen molar-refractivity contribution in [3.05, 3.63) is 24.6 Å². The van der Waals surface area contributed by atoms with Crippen molar-refractivity contribution in [1.82, 2.24) is 0 Å². The van der Waals surface area contributed by atoms with Crippen LogP contribution in [0.25, 0.3) is 0 Å². The van der Waals surface area contributed by atoms with Crippen LogP contribution in [0.4, 0.5) is 0 Å². The SMILES string of the molecule is C=C[Si](Cl)(C=C)OCCC. The summed E-state index contributed by atoms with van der Waals surface area (Å²) in [6.45, 7) is 9.91. The lowest BCUT2D eigenvalue weighted by Crippen LogP contribution is -2.26. The molecule has 0 spiro atoms. The number of rotatable bonds is 5. The summed E-state index contributed by atoms with van der Waals surface area (Å²) in [4.78, 5) is 0. The lowest BCUT2D eigenvalue weighted by Gasteiger charge is -2.14. The van der Waals surface area contributed by atoms with E-state index in [2.05, 4.69) is 13.2 Å². The molecule has 0 N–H and O–H groups in total. The minimum Gasteiger partial charge on any atom is -0.397 e. The average Bonchev–Trinajstić information content (AvgIpc) is 2.00. The van der Waals surface area contributed by atoms with Gasteiger partial charge in [-0.25, -0.2) is 0 Å². The molecule has 0 saturated heterocycles. The Morgan fingerprint density at radius 2 is 2.00 bits per heavy atom. The van der Waals surface area contributed by atoms with E-state index >= 15 is 0 Å². The molecule has 0 aromatic heterocycles. The molecule has 0 aromatic carbocycles. The molecule has 0 atom stereocenters. The first-order chi connectivity index (χ1) is 4.68. The van der Waals surface area contributed by atoms with Crippen molar-refractivity contribution in [3.63, 3.8) is 0 Å². The molecule has 0 unspecified atom stereocenters. The maximum atomic E-state index is 5.97. The highest BCUT2D eigenvalue weighted by Gasteiger charge is 2.23. The molecule has 0 heterocycles. The molecule has 0 saturated carbocycles. The molecule has 0 rings (SSSR count). The van der Waals surface area contributed by atoms with E-state index in [0.29, 0.717) is 6.61 Å². The summed E-state index contributed by atoms with van der Waals surface area (Å²) in [5, 5.41) is 0. The molecule has 0 aliphatic rings. The van der Waals surface area contributed by atoms with Crippen molar-refractivity contribution in [2.45, 2.75) is 13.3 Å². The molecular formula is C7H13ClOSi. The molecule has 58 valence electrons. The Labute approximate surface area is 68.2 Å². The Morgan fingerprint density at radius 1 is 1.50 bits per heavy atom.